The minimum Gasteiger partial charge on any atom is -0.249 e. The Morgan fingerprint density at radius 3 is 2.30 bits per heavy atom. The molecule has 0 spiro atoms. The Balaban J connectivity index is 2.86. The van der Waals surface area contributed by atoms with Crippen molar-refractivity contribution in [2.75, 3.05) is 0 Å². The highest BCUT2D eigenvalue weighted by Gasteiger charge is 2.21. The first-order chi connectivity index (χ1) is 4.52. The van der Waals surface area contributed by atoms with Crippen molar-refractivity contribution in [3.8, 4) is 0 Å². The summed E-state index contributed by atoms with van der Waals surface area (Å²) in [6.07, 6.45) is 2.78. The number of nitrogens with zero attached hydrogens (tertiary/aromatic N) is 1. The van der Waals surface area contributed by atoms with Crippen LogP contribution in [0.15, 0.2) is 15.7 Å². The van der Waals surface area contributed by atoms with Crippen molar-refractivity contribution in [2.45, 2.75) is 27.2 Å². The van der Waals surface area contributed by atoms with Crippen LogP contribution in [0.3, 0.4) is 0 Å². The molecule has 1 nitrogen and oxygen atoms in total. The molecule has 1 aliphatic rings. The highest BCUT2D eigenvalue weighted by atomic mass is 35.5. The molecule has 2 heteroatoms. The van der Waals surface area contributed by atoms with E-state index in [1.807, 2.05) is 6.21 Å². The van der Waals surface area contributed by atoms with Gasteiger partial charge < -0.3 is 0 Å². The van der Waals surface area contributed by atoms with Gasteiger partial charge in [-0.3, -0.25) is 0 Å². The molecule has 0 atom stereocenters. The minimum atomic E-state index is 0.174. The first-order valence-electron chi connectivity index (χ1n) is 3.43. The van der Waals surface area contributed by atoms with Crippen molar-refractivity contribution in [2.24, 2.45) is 10.4 Å². The van der Waals surface area contributed by atoms with Gasteiger partial charge in [0.05, 0.1) is 0 Å². The molecule has 0 saturated carbocycles. The van der Waals surface area contributed by atoms with Gasteiger partial charge >= 0.3 is 0 Å². The molecule has 0 fully saturated rings. The summed E-state index contributed by atoms with van der Waals surface area (Å²) in [7, 11) is 0. The summed E-state index contributed by atoms with van der Waals surface area (Å²) in [4.78, 5) is 4.00. The Bertz CT molecular complexity index is 196. The molecule has 0 aromatic carbocycles. The smallest absolute Gasteiger partial charge is 0.128 e. The van der Waals surface area contributed by atoms with Gasteiger partial charge in [-0.1, -0.05) is 32.4 Å². The van der Waals surface area contributed by atoms with Crippen molar-refractivity contribution >= 4 is 17.8 Å². The zero-order valence-electron chi connectivity index (χ0n) is 6.61. The molecule has 0 aromatic rings. The summed E-state index contributed by atoms with van der Waals surface area (Å²) in [6, 6.07) is 0. The van der Waals surface area contributed by atoms with E-state index in [0.717, 1.165) is 6.42 Å². The van der Waals surface area contributed by atoms with Gasteiger partial charge in [-0.2, -0.15) is 0 Å². The van der Waals surface area contributed by atoms with Gasteiger partial charge in [-0.25, -0.2) is 4.99 Å². The monoisotopic (exact) mass is 157 g/mol. The maximum Gasteiger partial charge on any atom is 0.128 e. The zero-order chi connectivity index (χ0) is 7.78. The van der Waals surface area contributed by atoms with Crippen LogP contribution < -0.4 is 0 Å². The van der Waals surface area contributed by atoms with E-state index in [0.29, 0.717) is 5.16 Å². The quantitative estimate of drug-likeness (QED) is 0.480. The molecule has 1 rings (SSSR count). The Hall–Kier alpha value is -0.300. The second kappa shape index (κ2) is 2.39. The zero-order valence-corrected chi connectivity index (χ0v) is 7.37. The lowest BCUT2D eigenvalue weighted by atomic mass is 9.86. The molecule has 0 unspecified atom stereocenters. The third-order valence-corrected chi connectivity index (χ3v) is 1.98. The van der Waals surface area contributed by atoms with Crippen molar-refractivity contribution in [1.82, 2.24) is 0 Å². The molecule has 0 bridgehead atoms. The normalized spacial score (nSPS) is 18.8. The number of halogens is 1. The van der Waals surface area contributed by atoms with Crippen LogP contribution in [0.25, 0.3) is 0 Å². The van der Waals surface area contributed by atoms with Crippen molar-refractivity contribution in [3.63, 3.8) is 0 Å². The summed E-state index contributed by atoms with van der Waals surface area (Å²) in [5.41, 5.74) is 1.42. The molecule has 56 valence electrons. The van der Waals surface area contributed by atoms with E-state index in [2.05, 4.69) is 25.8 Å². The second-order valence-corrected chi connectivity index (χ2v) is 3.89. The standard InChI is InChI=1S/C8H12ClN/c1-8(2,3)6-4-5-10-7(6)9/h5H,4H2,1-3H3. The topological polar surface area (TPSA) is 12.4 Å². The van der Waals surface area contributed by atoms with E-state index in [4.69, 9.17) is 11.6 Å². The molecule has 0 N–H and O–H groups in total. The summed E-state index contributed by atoms with van der Waals surface area (Å²) in [5.74, 6) is 0. The number of allylic oxidation sites excluding steroid dienone is 1. The fourth-order valence-electron chi connectivity index (χ4n) is 0.995. The second-order valence-electron chi connectivity index (χ2n) is 3.54. The maximum absolute atomic E-state index is 5.84. The van der Waals surface area contributed by atoms with Crippen LogP contribution in [0.4, 0.5) is 0 Å². The molecule has 1 heterocycles. The van der Waals surface area contributed by atoms with Crippen LogP contribution in [0.2, 0.25) is 0 Å². The Morgan fingerprint density at radius 2 is 2.10 bits per heavy atom. The number of aliphatic imine (C=N–C) groups is 1. The predicted molar refractivity (Wildman–Crippen MR) is 45.4 cm³/mol. The van der Waals surface area contributed by atoms with E-state index < -0.39 is 0 Å². The molecular weight excluding hydrogens is 146 g/mol. The van der Waals surface area contributed by atoms with E-state index in [-0.39, 0.29) is 5.41 Å². The number of hydrogen-bond donors (Lipinski definition) is 0. The van der Waals surface area contributed by atoms with Gasteiger partial charge in [-0.15, -0.1) is 0 Å². The minimum absolute atomic E-state index is 0.174. The maximum atomic E-state index is 5.84. The Labute approximate surface area is 66.8 Å². The van der Waals surface area contributed by atoms with Crippen molar-refractivity contribution in [1.29, 1.82) is 0 Å². The van der Waals surface area contributed by atoms with Gasteiger partial charge in [0, 0.05) is 12.6 Å². The highest BCUT2D eigenvalue weighted by Crippen LogP contribution is 2.34. The average molecular weight is 158 g/mol. The van der Waals surface area contributed by atoms with E-state index in [1.54, 1.807) is 0 Å². The first-order valence-corrected chi connectivity index (χ1v) is 3.81. The largest absolute Gasteiger partial charge is 0.249 e. The Kier molecular flexibility index (Phi) is 1.86. The summed E-state index contributed by atoms with van der Waals surface area (Å²) in [5, 5.41) is 0.688. The van der Waals surface area contributed by atoms with Gasteiger partial charge in [0.1, 0.15) is 5.16 Å². The molecule has 10 heavy (non-hydrogen) atoms. The van der Waals surface area contributed by atoms with Gasteiger partial charge in [-0.05, 0) is 11.0 Å². The van der Waals surface area contributed by atoms with Crippen LogP contribution in [0, 0.1) is 5.41 Å². The van der Waals surface area contributed by atoms with E-state index in [9.17, 15) is 0 Å². The highest BCUT2D eigenvalue weighted by molar-refractivity contribution is 6.30. The van der Waals surface area contributed by atoms with E-state index >= 15 is 0 Å². The molecule has 0 aromatic heterocycles. The lowest BCUT2D eigenvalue weighted by Crippen LogP contribution is -2.08. The summed E-state index contributed by atoms with van der Waals surface area (Å²) in [6.45, 7) is 6.46. The van der Waals surface area contributed by atoms with Gasteiger partial charge in [0.2, 0.25) is 0 Å². The van der Waals surface area contributed by atoms with Crippen LogP contribution in [0.5, 0.6) is 0 Å². The van der Waals surface area contributed by atoms with Crippen LogP contribution >= 0.6 is 11.6 Å². The van der Waals surface area contributed by atoms with Gasteiger partial charge in [0.25, 0.3) is 0 Å². The third kappa shape index (κ3) is 1.40. The van der Waals surface area contributed by atoms with Crippen molar-refractivity contribution in [3.05, 3.63) is 10.7 Å². The van der Waals surface area contributed by atoms with Crippen LogP contribution in [-0.4, -0.2) is 6.21 Å². The molecule has 0 saturated heterocycles. The lowest BCUT2D eigenvalue weighted by molar-refractivity contribution is 0.497. The molecule has 0 radical (unpaired) electrons. The van der Waals surface area contributed by atoms with E-state index in [1.165, 1.54) is 5.57 Å². The molecule has 0 aliphatic carbocycles. The predicted octanol–water partition coefficient (Wildman–Crippen LogP) is 2.96. The summed E-state index contributed by atoms with van der Waals surface area (Å²) >= 11 is 5.84. The molecule has 0 amide bonds. The summed E-state index contributed by atoms with van der Waals surface area (Å²) < 4.78 is 0. The Morgan fingerprint density at radius 1 is 1.50 bits per heavy atom. The van der Waals surface area contributed by atoms with Crippen LogP contribution in [-0.2, 0) is 0 Å². The van der Waals surface area contributed by atoms with Crippen molar-refractivity contribution < 1.29 is 0 Å². The SMILES string of the molecule is CC(C)(C)C1=C(Cl)N=CC1. The molecule has 1 aliphatic heterocycles. The van der Waals surface area contributed by atoms with Gasteiger partial charge in [0.15, 0.2) is 0 Å². The fourth-order valence-corrected chi connectivity index (χ4v) is 1.42. The lowest BCUT2D eigenvalue weighted by Gasteiger charge is -2.19. The number of rotatable bonds is 0. The average Bonchev–Trinajstić information content (AvgIpc) is 2.11. The fraction of sp³-hybridized carbons (Fsp3) is 0.625. The first kappa shape index (κ1) is 7.80. The number of hydrogen-bond acceptors (Lipinski definition) is 1. The molecular formula is C8H12ClN. The third-order valence-electron chi connectivity index (χ3n) is 1.65. The van der Waals surface area contributed by atoms with Crippen LogP contribution in [0.1, 0.15) is 27.2 Å².